The fraction of sp³-hybridized carbons (Fsp3) is 0.368. The van der Waals surface area contributed by atoms with Crippen LogP contribution in [-0.2, 0) is 33.4 Å². The first-order valence-electron chi connectivity index (χ1n) is 8.83. The Hall–Kier alpha value is -3.38. The molecule has 2 amide bonds. The summed E-state index contributed by atoms with van der Waals surface area (Å²) in [6.07, 6.45) is 0. The van der Waals surface area contributed by atoms with E-state index in [2.05, 4.69) is 25.3 Å². The minimum Gasteiger partial charge on any atom is -1.00 e. The summed E-state index contributed by atoms with van der Waals surface area (Å²) in [6, 6.07) is 4.47. The Morgan fingerprint density at radius 3 is 2.06 bits per heavy atom. The number of Topliss-reactive ketones (excluding diaryl/α,β-unsaturated/α-hetero) is 1. The van der Waals surface area contributed by atoms with E-state index in [1.54, 1.807) is 21.1 Å². The summed E-state index contributed by atoms with van der Waals surface area (Å²) in [4.78, 5) is 61.4. The van der Waals surface area contributed by atoms with Gasteiger partial charge in [0.15, 0.2) is 18.2 Å². The SMILES string of the molecule is COC(=O)/C(=N/NC(=O)C[N+](C)(C)C)C(C(=O)OC)C(=O)C(=O)Nc1ccc(F)cc1.[Cl-]. The third kappa shape index (κ3) is 8.78. The highest BCUT2D eigenvalue weighted by Gasteiger charge is 2.41. The number of hydrogen-bond donors (Lipinski definition) is 2. The van der Waals surface area contributed by atoms with Crippen LogP contribution < -0.4 is 23.1 Å². The zero-order valence-corrected chi connectivity index (χ0v) is 18.9. The standard InChI is InChI=1S/C19H23FN4O7.ClH/c1-24(2,3)10-13(25)22-23-15(19(29)31-5)14(18(28)30-4)16(26)17(27)21-12-8-6-11(20)7-9-12;/h6-9,14H,10H2,1-5H3,(H-,21,22,25,27,29);1H. The Morgan fingerprint density at radius 1 is 1.03 bits per heavy atom. The van der Waals surface area contributed by atoms with Gasteiger partial charge < -0.3 is 31.7 Å². The normalized spacial score (nSPS) is 12.0. The lowest BCUT2D eigenvalue weighted by Gasteiger charge is -2.22. The molecule has 0 aromatic heterocycles. The maximum atomic E-state index is 13.0. The van der Waals surface area contributed by atoms with Gasteiger partial charge in [-0.3, -0.25) is 19.2 Å². The number of nitrogens with one attached hydrogen (secondary N) is 2. The molecule has 0 radical (unpaired) electrons. The topological polar surface area (TPSA) is 140 Å². The van der Waals surface area contributed by atoms with Crippen LogP contribution in [0.25, 0.3) is 0 Å². The molecule has 13 heteroatoms. The molecule has 2 N–H and O–H groups in total. The zero-order valence-electron chi connectivity index (χ0n) is 18.1. The number of ketones is 1. The Morgan fingerprint density at radius 2 is 1.59 bits per heavy atom. The number of rotatable bonds is 9. The number of methoxy groups -OCH3 is 2. The maximum absolute atomic E-state index is 13.0. The summed E-state index contributed by atoms with van der Waals surface area (Å²) in [5.74, 6) is -8.50. The molecule has 32 heavy (non-hydrogen) atoms. The van der Waals surface area contributed by atoms with E-state index in [-0.39, 0.29) is 29.1 Å². The molecular weight excluding hydrogens is 451 g/mol. The number of hydrogen-bond acceptors (Lipinski definition) is 8. The number of carbonyl (C=O) groups excluding carboxylic acids is 5. The molecule has 0 fully saturated rings. The van der Waals surface area contributed by atoms with Crippen LogP contribution in [0.3, 0.4) is 0 Å². The number of amides is 2. The predicted octanol–water partition coefficient (Wildman–Crippen LogP) is -3.52. The summed E-state index contributed by atoms with van der Waals surface area (Å²) < 4.78 is 22.3. The molecule has 0 aliphatic rings. The van der Waals surface area contributed by atoms with Crippen LogP contribution in [0.2, 0.25) is 0 Å². The highest BCUT2D eigenvalue weighted by Crippen LogP contribution is 2.12. The number of carbonyl (C=O) groups is 5. The second-order valence-corrected chi connectivity index (χ2v) is 7.25. The molecule has 0 saturated carbocycles. The van der Waals surface area contributed by atoms with E-state index in [4.69, 9.17) is 0 Å². The van der Waals surface area contributed by atoms with Crippen molar-refractivity contribution >= 4 is 40.9 Å². The lowest BCUT2D eigenvalue weighted by atomic mass is 9.97. The van der Waals surface area contributed by atoms with Crippen LogP contribution in [-0.4, -0.2) is 81.6 Å². The number of quaternary nitrogens is 1. The number of benzene rings is 1. The Labute approximate surface area is 189 Å². The van der Waals surface area contributed by atoms with Crippen LogP contribution in [0, 0.1) is 11.7 Å². The quantitative estimate of drug-likeness (QED) is 0.0944. The predicted molar refractivity (Wildman–Crippen MR) is 106 cm³/mol. The minimum atomic E-state index is -2.11. The van der Waals surface area contributed by atoms with Gasteiger partial charge in [-0.25, -0.2) is 14.6 Å². The maximum Gasteiger partial charge on any atom is 0.355 e. The van der Waals surface area contributed by atoms with E-state index in [9.17, 15) is 28.4 Å². The monoisotopic (exact) mass is 474 g/mol. The number of likely N-dealkylation sites (N-methyl/N-ethyl adjacent to an activating group) is 1. The van der Waals surface area contributed by atoms with Crippen LogP contribution in [0.1, 0.15) is 0 Å². The van der Waals surface area contributed by atoms with Gasteiger partial charge in [0.2, 0.25) is 5.78 Å². The van der Waals surface area contributed by atoms with Crippen molar-refractivity contribution in [3.63, 3.8) is 0 Å². The fourth-order valence-corrected chi connectivity index (χ4v) is 2.24. The third-order valence-corrected chi connectivity index (χ3v) is 3.61. The number of anilines is 1. The van der Waals surface area contributed by atoms with Gasteiger partial charge in [0.25, 0.3) is 11.8 Å². The van der Waals surface area contributed by atoms with Gasteiger partial charge >= 0.3 is 11.9 Å². The molecule has 1 rings (SSSR count). The number of hydrazone groups is 1. The van der Waals surface area contributed by atoms with Gasteiger partial charge in [-0.15, -0.1) is 0 Å². The Bertz CT molecular complexity index is 898. The van der Waals surface area contributed by atoms with Gasteiger partial charge in [-0.2, -0.15) is 5.10 Å². The van der Waals surface area contributed by atoms with Crippen molar-refractivity contribution in [3.8, 4) is 0 Å². The van der Waals surface area contributed by atoms with E-state index in [0.717, 1.165) is 26.4 Å². The molecule has 0 heterocycles. The lowest BCUT2D eigenvalue weighted by molar-refractivity contribution is -0.862. The Kier molecular flexibility index (Phi) is 11.2. The summed E-state index contributed by atoms with van der Waals surface area (Å²) in [6.45, 7) is -0.0418. The van der Waals surface area contributed by atoms with Crippen molar-refractivity contribution in [2.45, 2.75) is 0 Å². The lowest BCUT2D eigenvalue weighted by Crippen LogP contribution is -3.00. The van der Waals surface area contributed by atoms with Crippen molar-refractivity contribution in [2.24, 2.45) is 11.0 Å². The summed E-state index contributed by atoms with van der Waals surface area (Å²) >= 11 is 0. The smallest absolute Gasteiger partial charge is 0.355 e. The van der Waals surface area contributed by atoms with E-state index >= 15 is 0 Å². The second-order valence-electron chi connectivity index (χ2n) is 7.25. The van der Waals surface area contributed by atoms with E-state index in [0.29, 0.717) is 0 Å². The molecule has 0 bridgehead atoms. The number of halogens is 2. The first-order valence-corrected chi connectivity index (χ1v) is 8.83. The third-order valence-electron chi connectivity index (χ3n) is 3.61. The molecule has 1 aromatic carbocycles. The van der Waals surface area contributed by atoms with E-state index in [1.165, 1.54) is 12.1 Å². The minimum absolute atomic E-state index is 0. The van der Waals surface area contributed by atoms with E-state index in [1.807, 2.05) is 0 Å². The van der Waals surface area contributed by atoms with Crippen molar-refractivity contribution in [2.75, 3.05) is 47.2 Å². The molecule has 0 aliphatic heterocycles. The van der Waals surface area contributed by atoms with Crippen molar-refractivity contribution in [1.82, 2.24) is 5.43 Å². The van der Waals surface area contributed by atoms with Crippen LogP contribution in [0.5, 0.6) is 0 Å². The number of ether oxygens (including phenoxy) is 2. The van der Waals surface area contributed by atoms with Crippen molar-refractivity contribution < 1.29 is 54.7 Å². The fourth-order valence-electron chi connectivity index (χ4n) is 2.24. The molecular formula is C19H24ClFN4O7. The highest BCUT2D eigenvalue weighted by atomic mass is 35.5. The van der Waals surface area contributed by atoms with Gasteiger partial charge in [0.05, 0.1) is 35.4 Å². The van der Waals surface area contributed by atoms with E-state index < -0.39 is 47.0 Å². The van der Waals surface area contributed by atoms with Crippen molar-refractivity contribution in [1.29, 1.82) is 0 Å². The van der Waals surface area contributed by atoms with Crippen LogP contribution >= 0.6 is 0 Å². The molecule has 0 aliphatic carbocycles. The highest BCUT2D eigenvalue weighted by molar-refractivity contribution is 6.55. The summed E-state index contributed by atoms with van der Waals surface area (Å²) in [5.41, 5.74) is 1.28. The Balaban J connectivity index is 0.00000961. The van der Waals surface area contributed by atoms with Crippen molar-refractivity contribution in [3.05, 3.63) is 30.1 Å². The molecule has 176 valence electrons. The van der Waals surface area contributed by atoms with Gasteiger partial charge in [0, 0.05) is 5.69 Å². The first-order chi connectivity index (χ1) is 14.4. The first kappa shape index (κ1) is 28.6. The molecule has 0 saturated heterocycles. The zero-order chi connectivity index (χ0) is 23.8. The molecule has 1 unspecified atom stereocenters. The average Bonchev–Trinajstić information content (AvgIpc) is 2.69. The number of esters is 2. The molecule has 11 nitrogen and oxygen atoms in total. The molecule has 1 atom stereocenters. The van der Waals surface area contributed by atoms with Gasteiger partial charge in [-0.05, 0) is 24.3 Å². The number of nitrogens with zero attached hydrogens (tertiary/aromatic N) is 2. The summed E-state index contributed by atoms with van der Waals surface area (Å²) in [5, 5.41) is 5.73. The van der Waals surface area contributed by atoms with Crippen LogP contribution in [0.15, 0.2) is 29.4 Å². The molecule has 0 spiro atoms. The molecule has 1 aromatic rings. The van der Waals surface area contributed by atoms with Crippen LogP contribution in [0.4, 0.5) is 10.1 Å². The average molecular weight is 475 g/mol. The largest absolute Gasteiger partial charge is 1.00 e. The second kappa shape index (κ2) is 12.5. The van der Waals surface area contributed by atoms with Gasteiger partial charge in [-0.1, -0.05) is 0 Å². The summed E-state index contributed by atoms with van der Waals surface area (Å²) in [7, 11) is 7.08. The van der Waals surface area contributed by atoms with Gasteiger partial charge in [0.1, 0.15) is 5.82 Å².